The Morgan fingerprint density at radius 1 is 1.08 bits per heavy atom. The normalized spacial score (nSPS) is 29.9. The summed E-state index contributed by atoms with van der Waals surface area (Å²) >= 11 is 0. The van der Waals surface area contributed by atoms with E-state index in [0.29, 0.717) is 11.8 Å². The van der Waals surface area contributed by atoms with Crippen molar-refractivity contribution in [2.45, 2.75) is 77.0 Å². The van der Waals surface area contributed by atoms with Crippen molar-refractivity contribution < 1.29 is 14.3 Å². The third-order valence-electron chi connectivity index (χ3n) is 6.23. The fourth-order valence-corrected chi connectivity index (χ4v) is 4.89. The monoisotopic (exact) mass is 336 g/mol. The fourth-order valence-electron chi connectivity index (χ4n) is 4.89. The summed E-state index contributed by atoms with van der Waals surface area (Å²) in [4.78, 5) is 29.0. The first kappa shape index (κ1) is 17.7. The van der Waals surface area contributed by atoms with E-state index in [1.165, 1.54) is 19.3 Å². The molecular formula is C19H32N2O3. The molecule has 2 heterocycles. The van der Waals surface area contributed by atoms with Gasteiger partial charge in [0.1, 0.15) is 0 Å². The molecule has 0 N–H and O–H groups in total. The highest BCUT2D eigenvalue weighted by atomic mass is 16.5. The number of β-lactam (4-membered cyclic amide) rings is 1. The van der Waals surface area contributed by atoms with Crippen molar-refractivity contribution in [3.8, 4) is 0 Å². The van der Waals surface area contributed by atoms with Gasteiger partial charge in [0.05, 0.1) is 6.04 Å². The smallest absolute Gasteiger partial charge is 0.254 e. The van der Waals surface area contributed by atoms with E-state index in [0.717, 1.165) is 38.8 Å². The zero-order valence-electron chi connectivity index (χ0n) is 15.4. The minimum atomic E-state index is -0.280. The summed E-state index contributed by atoms with van der Waals surface area (Å²) in [5.41, 5.74) is 0. The molecule has 5 heteroatoms. The van der Waals surface area contributed by atoms with E-state index < -0.39 is 0 Å². The zero-order valence-corrected chi connectivity index (χ0v) is 15.4. The van der Waals surface area contributed by atoms with Crippen molar-refractivity contribution in [1.82, 2.24) is 9.80 Å². The van der Waals surface area contributed by atoms with Crippen LogP contribution in [0.2, 0.25) is 0 Å². The van der Waals surface area contributed by atoms with E-state index in [4.69, 9.17) is 4.74 Å². The van der Waals surface area contributed by atoms with Crippen LogP contribution in [-0.4, -0.2) is 60.0 Å². The Kier molecular flexibility index (Phi) is 5.48. The van der Waals surface area contributed by atoms with Crippen LogP contribution in [0.3, 0.4) is 0 Å². The number of rotatable bonds is 4. The van der Waals surface area contributed by atoms with E-state index in [2.05, 4.69) is 18.7 Å². The molecule has 2 aliphatic heterocycles. The number of likely N-dealkylation sites (tertiary alicyclic amines) is 2. The molecule has 1 saturated carbocycles. The van der Waals surface area contributed by atoms with Gasteiger partial charge in [-0.2, -0.15) is 0 Å². The van der Waals surface area contributed by atoms with Gasteiger partial charge in [0.2, 0.25) is 5.91 Å². The summed E-state index contributed by atoms with van der Waals surface area (Å²) in [7, 11) is 1.63. The highest BCUT2D eigenvalue weighted by Gasteiger charge is 2.52. The maximum absolute atomic E-state index is 12.7. The first-order chi connectivity index (χ1) is 11.5. The second kappa shape index (κ2) is 7.42. The summed E-state index contributed by atoms with van der Waals surface area (Å²) in [6, 6.07) is 0.408. The fraction of sp³-hybridized carbons (Fsp3) is 0.895. The Morgan fingerprint density at radius 3 is 2.25 bits per heavy atom. The number of nitrogens with zero attached hydrogens (tertiary/aromatic N) is 2. The van der Waals surface area contributed by atoms with Crippen LogP contribution in [-0.2, 0) is 14.3 Å². The molecule has 0 bridgehead atoms. The molecule has 0 spiro atoms. The van der Waals surface area contributed by atoms with E-state index in [9.17, 15) is 9.59 Å². The SMILES string of the molecule is CO[C@H]1C(=O)N(C(C)C)[C@H]1C1CCN(C(=O)C2CCCCC2)CC1. The van der Waals surface area contributed by atoms with Gasteiger partial charge in [0.25, 0.3) is 5.91 Å². The van der Waals surface area contributed by atoms with Crippen molar-refractivity contribution in [2.75, 3.05) is 20.2 Å². The van der Waals surface area contributed by atoms with Crippen LogP contribution < -0.4 is 0 Å². The molecule has 3 rings (SSSR count). The van der Waals surface area contributed by atoms with Gasteiger partial charge in [-0.1, -0.05) is 19.3 Å². The lowest BCUT2D eigenvalue weighted by Crippen LogP contribution is -2.70. The molecule has 0 radical (unpaired) electrons. The van der Waals surface area contributed by atoms with E-state index in [1.807, 2.05) is 4.90 Å². The molecule has 1 aliphatic carbocycles. The van der Waals surface area contributed by atoms with Gasteiger partial charge < -0.3 is 14.5 Å². The maximum atomic E-state index is 12.7. The van der Waals surface area contributed by atoms with Gasteiger partial charge in [-0.05, 0) is 45.4 Å². The third kappa shape index (κ3) is 3.19. The number of carbonyl (C=O) groups is 2. The topological polar surface area (TPSA) is 49.9 Å². The van der Waals surface area contributed by atoms with Crippen molar-refractivity contribution >= 4 is 11.8 Å². The molecule has 5 nitrogen and oxygen atoms in total. The van der Waals surface area contributed by atoms with Crippen LogP contribution in [0.25, 0.3) is 0 Å². The minimum absolute atomic E-state index is 0.123. The standard InChI is InChI=1S/C19H32N2O3/c1-13(2)21-16(17(24-3)19(21)23)14-9-11-20(12-10-14)18(22)15-7-5-4-6-8-15/h13-17H,4-12H2,1-3H3/t16-,17+/m0/s1. The molecule has 0 aromatic carbocycles. The van der Waals surface area contributed by atoms with E-state index in [1.54, 1.807) is 7.11 Å². The van der Waals surface area contributed by atoms with Crippen LogP contribution in [0, 0.1) is 11.8 Å². The minimum Gasteiger partial charge on any atom is -0.369 e. The van der Waals surface area contributed by atoms with Crippen molar-refractivity contribution in [1.29, 1.82) is 0 Å². The summed E-state index contributed by atoms with van der Waals surface area (Å²) in [6.07, 6.45) is 7.53. The van der Waals surface area contributed by atoms with Gasteiger partial charge in [-0.15, -0.1) is 0 Å². The number of piperidine rings is 1. The first-order valence-electron chi connectivity index (χ1n) is 9.68. The number of ether oxygens (including phenoxy) is 1. The van der Waals surface area contributed by atoms with Crippen molar-refractivity contribution in [3.63, 3.8) is 0 Å². The van der Waals surface area contributed by atoms with Crippen LogP contribution in [0.15, 0.2) is 0 Å². The Labute approximate surface area is 145 Å². The Morgan fingerprint density at radius 2 is 1.71 bits per heavy atom. The Bertz CT molecular complexity index is 465. The molecule has 136 valence electrons. The van der Waals surface area contributed by atoms with Crippen LogP contribution in [0.5, 0.6) is 0 Å². The lowest BCUT2D eigenvalue weighted by Gasteiger charge is -2.53. The molecule has 2 saturated heterocycles. The molecule has 24 heavy (non-hydrogen) atoms. The number of methoxy groups -OCH3 is 1. The van der Waals surface area contributed by atoms with Gasteiger partial charge in [0, 0.05) is 32.2 Å². The molecular weight excluding hydrogens is 304 g/mol. The van der Waals surface area contributed by atoms with Crippen LogP contribution >= 0.6 is 0 Å². The maximum Gasteiger partial charge on any atom is 0.254 e. The lowest BCUT2D eigenvalue weighted by atomic mass is 9.78. The van der Waals surface area contributed by atoms with Gasteiger partial charge in [-0.25, -0.2) is 0 Å². The molecule has 0 aromatic rings. The molecule has 2 amide bonds. The number of carbonyl (C=O) groups excluding carboxylic acids is 2. The second-order valence-electron chi connectivity index (χ2n) is 7.98. The second-order valence-corrected chi connectivity index (χ2v) is 7.98. The van der Waals surface area contributed by atoms with Crippen LogP contribution in [0.1, 0.15) is 58.8 Å². The van der Waals surface area contributed by atoms with E-state index in [-0.39, 0.29) is 30.0 Å². The molecule has 0 unspecified atom stereocenters. The van der Waals surface area contributed by atoms with Crippen molar-refractivity contribution in [3.05, 3.63) is 0 Å². The number of hydrogen-bond acceptors (Lipinski definition) is 3. The average molecular weight is 336 g/mol. The average Bonchev–Trinajstić information content (AvgIpc) is 2.60. The molecule has 3 fully saturated rings. The summed E-state index contributed by atoms with van der Waals surface area (Å²) in [5, 5.41) is 0. The van der Waals surface area contributed by atoms with Gasteiger partial charge in [-0.3, -0.25) is 9.59 Å². The van der Waals surface area contributed by atoms with Crippen LogP contribution in [0.4, 0.5) is 0 Å². The first-order valence-corrected chi connectivity index (χ1v) is 9.68. The molecule has 2 atom stereocenters. The zero-order chi connectivity index (χ0) is 17.3. The quantitative estimate of drug-likeness (QED) is 0.741. The van der Waals surface area contributed by atoms with Gasteiger partial charge >= 0.3 is 0 Å². The Hall–Kier alpha value is -1.10. The number of amides is 2. The van der Waals surface area contributed by atoms with Crippen molar-refractivity contribution in [2.24, 2.45) is 11.8 Å². The summed E-state index contributed by atoms with van der Waals surface area (Å²) in [6.45, 7) is 5.82. The lowest BCUT2D eigenvalue weighted by molar-refractivity contribution is -0.182. The largest absolute Gasteiger partial charge is 0.369 e. The predicted molar refractivity (Wildman–Crippen MR) is 92.4 cm³/mol. The third-order valence-corrected chi connectivity index (χ3v) is 6.23. The predicted octanol–water partition coefficient (Wildman–Crippen LogP) is 2.44. The highest BCUT2D eigenvalue weighted by Crippen LogP contribution is 2.36. The molecule has 0 aromatic heterocycles. The molecule has 3 aliphatic rings. The van der Waals surface area contributed by atoms with Gasteiger partial charge in [0.15, 0.2) is 6.10 Å². The highest BCUT2D eigenvalue weighted by molar-refractivity contribution is 5.88. The van der Waals surface area contributed by atoms with E-state index >= 15 is 0 Å². The Balaban J connectivity index is 1.56. The number of hydrogen-bond donors (Lipinski definition) is 0. The summed E-state index contributed by atoms with van der Waals surface area (Å²) < 4.78 is 5.44. The summed E-state index contributed by atoms with van der Waals surface area (Å²) in [5.74, 6) is 1.21.